The molecule has 0 radical (unpaired) electrons. The van der Waals surface area contributed by atoms with Crippen LogP contribution in [0.3, 0.4) is 0 Å². The summed E-state index contributed by atoms with van der Waals surface area (Å²) in [5, 5.41) is 5.06. The van der Waals surface area contributed by atoms with E-state index in [0.29, 0.717) is 5.56 Å². The highest BCUT2D eigenvalue weighted by molar-refractivity contribution is 5.86. The van der Waals surface area contributed by atoms with Crippen LogP contribution in [0, 0.1) is 0 Å². The van der Waals surface area contributed by atoms with Crippen LogP contribution in [0.2, 0.25) is 0 Å². The van der Waals surface area contributed by atoms with Crippen molar-refractivity contribution in [1.29, 1.82) is 0 Å². The van der Waals surface area contributed by atoms with E-state index in [2.05, 4.69) is 10.6 Å². The third kappa shape index (κ3) is 9.59. The smallest absolute Gasteiger partial charge is 0.408 e. The van der Waals surface area contributed by atoms with Crippen molar-refractivity contribution < 1.29 is 42.5 Å². The van der Waals surface area contributed by atoms with Crippen molar-refractivity contribution in [2.45, 2.75) is 78.7 Å². The number of hydrogen-bond acceptors (Lipinski definition) is 10. The maximum Gasteiger partial charge on any atom is 0.408 e. The SMILES string of the molecule is C[C@H](NC(=O)OC(C)(C)C)C(=O)Oc1ccc(-c2coc3cc(OC(=O)[C@@H](C)NC(=O)OC(C)(C)C)ccc3c2=O)cc1. The molecule has 1 aromatic heterocycles. The fourth-order valence-corrected chi connectivity index (χ4v) is 3.57. The molecule has 0 unspecified atom stereocenters. The monoisotopic (exact) mass is 596 g/mol. The molecule has 1 heterocycles. The maximum absolute atomic E-state index is 13.2. The van der Waals surface area contributed by atoms with Gasteiger partial charge in [-0.25, -0.2) is 19.2 Å². The Morgan fingerprint density at radius 1 is 0.721 bits per heavy atom. The number of benzene rings is 2. The fourth-order valence-electron chi connectivity index (χ4n) is 3.57. The Labute approximate surface area is 248 Å². The second kappa shape index (κ2) is 13.0. The largest absolute Gasteiger partial charge is 0.463 e. The third-order valence-electron chi connectivity index (χ3n) is 5.52. The van der Waals surface area contributed by atoms with Gasteiger partial charge in [-0.15, -0.1) is 0 Å². The van der Waals surface area contributed by atoms with Crippen molar-refractivity contribution in [3.8, 4) is 22.6 Å². The van der Waals surface area contributed by atoms with E-state index in [4.69, 9.17) is 23.4 Å². The van der Waals surface area contributed by atoms with Gasteiger partial charge >= 0.3 is 24.1 Å². The fraction of sp³-hybridized carbons (Fsp3) is 0.387. The van der Waals surface area contributed by atoms with Crippen LogP contribution in [-0.2, 0) is 19.1 Å². The zero-order valence-electron chi connectivity index (χ0n) is 25.4. The molecular formula is C31H36N2O10. The Morgan fingerprint density at radius 2 is 1.19 bits per heavy atom. The van der Waals surface area contributed by atoms with E-state index >= 15 is 0 Å². The Bertz CT molecular complexity index is 1560. The summed E-state index contributed by atoms with van der Waals surface area (Å²) in [6.07, 6.45) is -0.230. The molecule has 0 fully saturated rings. The molecule has 3 aromatic rings. The van der Waals surface area contributed by atoms with Gasteiger partial charge < -0.3 is 34.0 Å². The van der Waals surface area contributed by atoms with E-state index in [9.17, 15) is 24.0 Å². The number of alkyl carbamates (subject to hydrolysis) is 2. The van der Waals surface area contributed by atoms with Gasteiger partial charge in [0.05, 0.1) is 10.9 Å². The normalized spacial score (nSPS) is 12.9. The van der Waals surface area contributed by atoms with Crippen molar-refractivity contribution in [2.75, 3.05) is 0 Å². The molecule has 0 spiro atoms. The van der Waals surface area contributed by atoms with Crippen molar-refractivity contribution in [3.63, 3.8) is 0 Å². The zero-order chi connectivity index (χ0) is 32.1. The lowest BCUT2D eigenvalue weighted by Gasteiger charge is -2.21. The van der Waals surface area contributed by atoms with Gasteiger partial charge in [-0.3, -0.25) is 4.79 Å². The van der Waals surface area contributed by atoms with Crippen molar-refractivity contribution in [1.82, 2.24) is 10.6 Å². The summed E-state index contributed by atoms with van der Waals surface area (Å²) in [5.74, 6) is -1.11. The van der Waals surface area contributed by atoms with Gasteiger partial charge in [-0.1, -0.05) is 12.1 Å². The van der Waals surface area contributed by atoms with Crippen LogP contribution < -0.4 is 25.5 Å². The first-order chi connectivity index (χ1) is 19.9. The number of amides is 2. The van der Waals surface area contributed by atoms with Crippen LogP contribution in [0.15, 0.2) is 57.9 Å². The van der Waals surface area contributed by atoms with Crippen molar-refractivity contribution in [2.24, 2.45) is 0 Å². The van der Waals surface area contributed by atoms with E-state index in [0.717, 1.165) is 0 Å². The highest BCUT2D eigenvalue weighted by Crippen LogP contribution is 2.25. The number of ether oxygens (including phenoxy) is 4. The van der Waals surface area contributed by atoms with E-state index in [1.54, 1.807) is 53.7 Å². The van der Waals surface area contributed by atoms with Crippen LogP contribution in [0.5, 0.6) is 11.5 Å². The van der Waals surface area contributed by atoms with Crippen LogP contribution in [0.25, 0.3) is 22.1 Å². The predicted octanol–water partition coefficient (Wildman–Crippen LogP) is 5.10. The van der Waals surface area contributed by atoms with Gasteiger partial charge in [0.25, 0.3) is 0 Å². The standard InChI is InChI=1S/C31H36N2O10/c1-17(32-28(37)42-30(3,4)5)26(35)40-20-11-9-19(10-12-20)23-16-39-24-15-21(13-14-22(24)25(23)34)41-27(36)18(2)33-29(38)43-31(6,7)8/h9-18H,1-8H3,(H,32,37)(H,33,38)/t17-,18+/m0/s1. The molecule has 0 saturated carbocycles. The van der Waals surface area contributed by atoms with Crippen LogP contribution >= 0.6 is 0 Å². The van der Waals surface area contributed by atoms with Gasteiger partial charge in [0.1, 0.15) is 46.6 Å². The molecule has 0 saturated heterocycles. The van der Waals surface area contributed by atoms with Crippen LogP contribution in [0.1, 0.15) is 55.4 Å². The molecule has 12 nitrogen and oxygen atoms in total. The number of carbonyl (C=O) groups is 4. The molecular weight excluding hydrogens is 560 g/mol. The third-order valence-corrected chi connectivity index (χ3v) is 5.52. The molecule has 0 bridgehead atoms. The van der Waals surface area contributed by atoms with Gasteiger partial charge in [0.2, 0.25) is 0 Å². The lowest BCUT2D eigenvalue weighted by atomic mass is 10.1. The molecule has 3 rings (SSSR count). The summed E-state index contributed by atoms with van der Waals surface area (Å²) in [5.41, 5.74) is -0.825. The van der Waals surface area contributed by atoms with Gasteiger partial charge in [-0.2, -0.15) is 0 Å². The highest BCUT2D eigenvalue weighted by Gasteiger charge is 2.24. The van der Waals surface area contributed by atoms with Crippen LogP contribution in [0.4, 0.5) is 9.59 Å². The first-order valence-electron chi connectivity index (χ1n) is 13.5. The first-order valence-corrected chi connectivity index (χ1v) is 13.5. The summed E-state index contributed by atoms with van der Waals surface area (Å²) in [7, 11) is 0. The van der Waals surface area contributed by atoms with E-state index in [1.165, 1.54) is 50.4 Å². The van der Waals surface area contributed by atoms with Gasteiger partial charge in [0, 0.05) is 6.07 Å². The number of hydrogen-bond donors (Lipinski definition) is 2. The molecule has 2 N–H and O–H groups in total. The molecule has 0 aliphatic rings. The molecule has 12 heteroatoms. The second-order valence-electron chi connectivity index (χ2n) is 11.7. The molecule has 0 aliphatic heterocycles. The second-order valence-corrected chi connectivity index (χ2v) is 11.7. The lowest BCUT2D eigenvalue weighted by molar-refractivity contribution is -0.137. The number of rotatable bonds is 7. The lowest BCUT2D eigenvalue weighted by Crippen LogP contribution is -2.43. The summed E-state index contributed by atoms with van der Waals surface area (Å²) in [6.45, 7) is 13.1. The quantitative estimate of drug-likeness (QED) is 0.278. The van der Waals surface area contributed by atoms with Crippen molar-refractivity contribution >= 4 is 35.1 Å². The average Bonchev–Trinajstić information content (AvgIpc) is 2.87. The number of carbonyl (C=O) groups excluding carboxylic acids is 4. The predicted molar refractivity (Wildman–Crippen MR) is 157 cm³/mol. The van der Waals surface area contributed by atoms with E-state index in [-0.39, 0.29) is 33.5 Å². The number of esters is 2. The van der Waals surface area contributed by atoms with Crippen molar-refractivity contribution in [3.05, 3.63) is 59.0 Å². The summed E-state index contributed by atoms with van der Waals surface area (Å²) < 4.78 is 26.6. The Morgan fingerprint density at radius 3 is 1.67 bits per heavy atom. The van der Waals surface area contributed by atoms with Gasteiger partial charge in [0.15, 0.2) is 5.43 Å². The summed E-state index contributed by atoms with van der Waals surface area (Å²) >= 11 is 0. The maximum atomic E-state index is 13.2. The van der Waals surface area contributed by atoms with Crippen LogP contribution in [-0.4, -0.2) is 47.4 Å². The Hall–Kier alpha value is -4.87. The first kappa shape index (κ1) is 32.6. The minimum Gasteiger partial charge on any atom is -0.463 e. The summed E-state index contributed by atoms with van der Waals surface area (Å²) in [6, 6.07) is 8.53. The molecule has 2 amide bonds. The van der Waals surface area contributed by atoms with E-state index in [1.807, 2.05) is 0 Å². The van der Waals surface area contributed by atoms with Gasteiger partial charge in [-0.05, 0) is 85.2 Å². The molecule has 0 aliphatic carbocycles. The van der Waals surface area contributed by atoms with E-state index < -0.39 is 47.4 Å². The summed E-state index contributed by atoms with van der Waals surface area (Å²) in [4.78, 5) is 61.8. The molecule has 43 heavy (non-hydrogen) atoms. The zero-order valence-corrected chi connectivity index (χ0v) is 25.4. The Kier molecular flexibility index (Phi) is 9.85. The average molecular weight is 597 g/mol. The topological polar surface area (TPSA) is 159 Å². The minimum atomic E-state index is -0.994. The number of nitrogens with one attached hydrogen (secondary N) is 2. The Balaban J connectivity index is 1.66. The highest BCUT2D eigenvalue weighted by atomic mass is 16.6. The minimum absolute atomic E-state index is 0.118. The molecule has 2 aromatic carbocycles. The molecule has 2 atom stereocenters. The number of fused-ring (bicyclic) bond motifs is 1. The molecule has 230 valence electrons.